The van der Waals surface area contributed by atoms with E-state index >= 15 is 0 Å². The Hall–Kier alpha value is -3.36. The summed E-state index contributed by atoms with van der Waals surface area (Å²) in [4.78, 5) is 25.6. The molecule has 186 valence electrons. The fourth-order valence-corrected chi connectivity index (χ4v) is 4.95. The van der Waals surface area contributed by atoms with Crippen molar-refractivity contribution in [2.45, 2.75) is 38.5 Å². The lowest BCUT2D eigenvalue weighted by Crippen LogP contribution is -2.34. The van der Waals surface area contributed by atoms with Crippen molar-refractivity contribution in [3.8, 4) is 0 Å². The highest BCUT2D eigenvalue weighted by molar-refractivity contribution is 7.99. The summed E-state index contributed by atoms with van der Waals surface area (Å²) in [7, 11) is 0. The first kappa shape index (κ1) is 25.7. The molecule has 0 bridgehead atoms. The Labute approximate surface area is 219 Å². The lowest BCUT2D eigenvalue weighted by molar-refractivity contribution is -0.113. The molecule has 3 aromatic carbocycles. The van der Waals surface area contributed by atoms with Gasteiger partial charge in [-0.15, -0.1) is 10.2 Å². The summed E-state index contributed by atoms with van der Waals surface area (Å²) >= 11 is 7.53. The van der Waals surface area contributed by atoms with Crippen molar-refractivity contribution in [2.75, 3.05) is 11.1 Å². The molecule has 0 saturated carbocycles. The molecule has 0 unspecified atom stereocenters. The molecule has 0 radical (unpaired) electrons. The molecule has 2 N–H and O–H groups in total. The number of carbonyl (C=O) groups excluding carboxylic acids is 2. The van der Waals surface area contributed by atoms with Crippen molar-refractivity contribution in [3.63, 3.8) is 0 Å². The van der Waals surface area contributed by atoms with Gasteiger partial charge in [0.15, 0.2) is 11.0 Å². The van der Waals surface area contributed by atoms with Crippen LogP contribution in [0.15, 0.2) is 71.9 Å². The number of anilines is 1. The molecule has 4 aromatic rings. The predicted octanol–water partition coefficient (Wildman–Crippen LogP) is 5.96. The number of hydrogen-bond donors (Lipinski definition) is 2. The number of carbonyl (C=O) groups is 2. The maximum absolute atomic E-state index is 12.9. The Kier molecular flexibility index (Phi) is 8.28. The lowest BCUT2D eigenvalue weighted by Gasteiger charge is -2.22. The lowest BCUT2D eigenvalue weighted by atomic mass is 10.0. The molecular formula is C27H28ClN5O2S. The van der Waals surface area contributed by atoms with Gasteiger partial charge >= 0.3 is 0 Å². The minimum atomic E-state index is -0.373. The molecule has 0 aliphatic rings. The Morgan fingerprint density at radius 1 is 1.00 bits per heavy atom. The van der Waals surface area contributed by atoms with Gasteiger partial charge in [-0.25, -0.2) is 0 Å². The van der Waals surface area contributed by atoms with Gasteiger partial charge < -0.3 is 15.2 Å². The number of benzene rings is 3. The van der Waals surface area contributed by atoms with Crippen LogP contribution in [0.5, 0.6) is 0 Å². The minimum Gasteiger partial charge on any atom is -0.342 e. The van der Waals surface area contributed by atoms with Gasteiger partial charge in [-0.2, -0.15) is 0 Å². The number of fused-ring (bicyclic) bond motifs is 1. The topological polar surface area (TPSA) is 88.9 Å². The van der Waals surface area contributed by atoms with Gasteiger partial charge in [-0.05, 0) is 47.9 Å². The van der Waals surface area contributed by atoms with Gasteiger partial charge in [0.05, 0.1) is 22.4 Å². The van der Waals surface area contributed by atoms with Crippen LogP contribution in [-0.4, -0.2) is 32.3 Å². The molecule has 2 amide bonds. The van der Waals surface area contributed by atoms with Crippen molar-refractivity contribution in [2.24, 2.45) is 5.92 Å². The Balaban J connectivity index is 1.45. The number of rotatable bonds is 9. The number of nitrogens with one attached hydrogen (secondary N) is 2. The molecule has 0 saturated heterocycles. The number of thioether (sulfide) groups is 1. The van der Waals surface area contributed by atoms with E-state index < -0.39 is 0 Å². The number of nitrogens with zero attached hydrogens (tertiary/aromatic N) is 3. The minimum absolute atomic E-state index is 0.0555. The molecule has 36 heavy (non-hydrogen) atoms. The summed E-state index contributed by atoms with van der Waals surface area (Å²) in [5.41, 5.74) is 1.16. The highest BCUT2D eigenvalue weighted by atomic mass is 35.5. The third-order valence-electron chi connectivity index (χ3n) is 5.78. The number of amides is 2. The zero-order valence-electron chi connectivity index (χ0n) is 20.4. The van der Waals surface area contributed by atoms with Crippen LogP contribution >= 0.6 is 23.4 Å². The van der Waals surface area contributed by atoms with Gasteiger partial charge in [0.1, 0.15) is 0 Å². The van der Waals surface area contributed by atoms with E-state index in [0.717, 1.165) is 16.5 Å². The van der Waals surface area contributed by atoms with Crippen molar-refractivity contribution in [3.05, 3.63) is 83.1 Å². The van der Waals surface area contributed by atoms with Crippen LogP contribution in [0, 0.1) is 5.92 Å². The van der Waals surface area contributed by atoms with E-state index in [0.29, 0.717) is 28.1 Å². The SMILES string of the molecule is CCn1c(SCC(=O)Nc2ccc3ccccc3c2)nnc1[C@H](NC(=O)c1ccccc1Cl)C(C)C. The van der Waals surface area contributed by atoms with E-state index in [-0.39, 0.29) is 29.5 Å². The molecule has 0 fully saturated rings. The standard InChI is InChI=1S/C27H28ClN5O2S/c1-4-33-25(24(17(2)3)30-26(35)21-11-7-8-12-22(21)28)31-32-27(33)36-16-23(34)29-20-14-13-18-9-5-6-10-19(18)15-20/h5-15,17,24H,4,16H2,1-3H3,(H,29,34)(H,30,35)/t24-/m1/s1. The van der Waals surface area contributed by atoms with Crippen LogP contribution in [0.25, 0.3) is 10.8 Å². The van der Waals surface area contributed by atoms with Crippen molar-refractivity contribution >= 4 is 51.6 Å². The van der Waals surface area contributed by atoms with Crippen LogP contribution in [-0.2, 0) is 11.3 Å². The summed E-state index contributed by atoms with van der Waals surface area (Å²) in [5.74, 6) is 0.484. The summed E-state index contributed by atoms with van der Waals surface area (Å²) in [5, 5.41) is 17.9. The molecule has 0 spiro atoms. The summed E-state index contributed by atoms with van der Waals surface area (Å²) in [6.07, 6.45) is 0. The molecule has 0 aliphatic heterocycles. The summed E-state index contributed by atoms with van der Waals surface area (Å²) in [6, 6.07) is 20.4. The van der Waals surface area contributed by atoms with Crippen molar-refractivity contribution in [1.82, 2.24) is 20.1 Å². The first-order valence-corrected chi connectivity index (χ1v) is 13.1. The van der Waals surface area contributed by atoms with Crippen molar-refractivity contribution < 1.29 is 9.59 Å². The largest absolute Gasteiger partial charge is 0.342 e. The third kappa shape index (κ3) is 5.88. The predicted molar refractivity (Wildman–Crippen MR) is 145 cm³/mol. The maximum atomic E-state index is 12.9. The number of hydrogen-bond acceptors (Lipinski definition) is 5. The maximum Gasteiger partial charge on any atom is 0.253 e. The second-order valence-electron chi connectivity index (χ2n) is 8.66. The van der Waals surface area contributed by atoms with Gasteiger partial charge in [0, 0.05) is 12.2 Å². The van der Waals surface area contributed by atoms with Crippen molar-refractivity contribution in [1.29, 1.82) is 0 Å². The quantitative estimate of drug-likeness (QED) is 0.265. The highest BCUT2D eigenvalue weighted by Gasteiger charge is 2.26. The first-order chi connectivity index (χ1) is 17.4. The monoisotopic (exact) mass is 521 g/mol. The van der Waals surface area contributed by atoms with E-state index in [1.54, 1.807) is 24.3 Å². The van der Waals surface area contributed by atoms with E-state index in [9.17, 15) is 9.59 Å². The molecular weight excluding hydrogens is 494 g/mol. The second kappa shape index (κ2) is 11.6. The van der Waals surface area contributed by atoms with Crippen LogP contribution in [0.2, 0.25) is 5.02 Å². The number of aromatic nitrogens is 3. The van der Waals surface area contributed by atoms with E-state index in [4.69, 9.17) is 11.6 Å². The average molecular weight is 522 g/mol. The van der Waals surface area contributed by atoms with Crippen LogP contribution < -0.4 is 10.6 Å². The first-order valence-electron chi connectivity index (χ1n) is 11.8. The fourth-order valence-electron chi connectivity index (χ4n) is 3.92. The fraction of sp³-hybridized carbons (Fsp3) is 0.259. The van der Waals surface area contributed by atoms with Gasteiger partial charge in [0.25, 0.3) is 5.91 Å². The average Bonchev–Trinajstić information content (AvgIpc) is 3.28. The van der Waals surface area contributed by atoms with E-state index in [1.165, 1.54) is 11.8 Å². The molecule has 1 aromatic heterocycles. The second-order valence-corrected chi connectivity index (χ2v) is 10.0. The molecule has 7 nitrogen and oxygen atoms in total. The molecule has 0 aliphatic carbocycles. The molecule has 1 heterocycles. The van der Waals surface area contributed by atoms with Gasteiger partial charge in [-0.1, -0.05) is 79.7 Å². The highest BCUT2D eigenvalue weighted by Crippen LogP contribution is 2.27. The Morgan fingerprint density at radius 3 is 2.44 bits per heavy atom. The zero-order chi connectivity index (χ0) is 25.7. The zero-order valence-corrected chi connectivity index (χ0v) is 21.9. The van der Waals surface area contributed by atoms with Gasteiger partial charge in [-0.3, -0.25) is 9.59 Å². The van der Waals surface area contributed by atoms with Crippen LogP contribution in [0.3, 0.4) is 0 Å². The smallest absolute Gasteiger partial charge is 0.253 e. The van der Waals surface area contributed by atoms with E-state index in [1.807, 2.05) is 67.8 Å². The van der Waals surface area contributed by atoms with Gasteiger partial charge in [0.2, 0.25) is 5.91 Å². The summed E-state index contributed by atoms with van der Waals surface area (Å²) in [6.45, 7) is 6.60. The third-order valence-corrected chi connectivity index (χ3v) is 7.07. The van der Waals surface area contributed by atoms with Crippen LogP contribution in [0.1, 0.15) is 43.0 Å². The number of halogens is 1. The van der Waals surface area contributed by atoms with E-state index in [2.05, 4.69) is 20.8 Å². The van der Waals surface area contributed by atoms with Crippen LogP contribution in [0.4, 0.5) is 5.69 Å². The Bertz CT molecular complexity index is 1390. The molecule has 4 rings (SSSR count). The molecule has 1 atom stereocenters. The normalized spacial score (nSPS) is 12.0. The Morgan fingerprint density at radius 2 is 1.72 bits per heavy atom. The summed E-state index contributed by atoms with van der Waals surface area (Å²) < 4.78 is 1.94. The molecule has 9 heteroatoms.